The number of halogens is 3. The van der Waals surface area contributed by atoms with Gasteiger partial charge in [-0.15, -0.1) is 0 Å². The molecule has 1 heterocycles. The standard InChI is InChI=1S/C19H13F3N2O/c20-19(21,22)14-9-11-16(12-10-14)24(15-6-2-1-3-7-15)18(25)17-8-4-5-13-23-17/h1-13H. The van der Waals surface area contributed by atoms with E-state index >= 15 is 0 Å². The number of hydrogen-bond acceptors (Lipinski definition) is 2. The monoisotopic (exact) mass is 342 g/mol. The number of amides is 1. The number of alkyl halides is 3. The van der Waals surface area contributed by atoms with Gasteiger partial charge in [-0.05, 0) is 48.5 Å². The second-order valence-electron chi connectivity index (χ2n) is 5.24. The number of pyridine rings is 1. The van der Waals surface area contributed by atoms with Crippen LogP contribution in [-0.2, 0) is 6.18 Å². The van der Waals surface area contributed by atoms with E-state index < -0.39 is 17.6 Å². The lowest BCUT2D eigenvalue weighted by molar-refractivity contribution is -0.137. The number of hydrogen-bond donors (Lipinski definition) is 0. The number of carbonyl (C=O) groups is 1. The molecule has 3 rings (SSSR count). The first-order valence-corrected chi connectivity index (χ1v) is 7.44. The van der Waals surface area contributed by atoms with Crippen LogP contribution in [-0.4, -0.2) is 10.9 Å². The average Bonchev–Trinajstić information content (AvgIpc) is 2.63. The average molecular weight is 342 g/mol. The minimum atomic E-state index is -4.43. The van der Waals surface area contributed by atoms with Gasteiger partial charge in [-0.3, -0.25) is 14.7 Å². The van der Waals surface area contributed by atoms with Crippen LogP contribution in [0.25, 0.3) is 0 Å². The summed E-state index contributed by atoms with van der Waals surface area (Å²) in [6.45, 7) is 0. The fourth-order valence-corrected chi connectivity index (χ4v) is 2.36. The number of benzene rings is 2. The highest BCUT2D eigenvalue weighted by atomic mass is 19.4. The molecule has 0 bridgehead atoms. The maximum atomic E-state index is 12.9. The minimum absolute atomic E-state index is 0.200. The second kappa shape index (κ2) is 6.76. The highest BCUT2D eigenvalue weighted by molar-refractivity contribution is 6.09. The molecule has 6 heteroatoms. The van der Waals surface area contributed by atoms with Crippen molar-refractivity contribution in [2.75, 3.05) is 4.90 Å². The maximum Gasteiger partial charge on any atom is 0.416 e. The molecule has 0 unspecified atom stereocenters. The lowest BCUT2D eigenvalue weighted by Gasteiger charge is -2.23. The van der Waals surface area contributed by atoms with E-state index in [9.17, 15) is 18.0 Å². The highest BCUT2D eigenvalue weighted by Gasteiger charge is 2.30. The summed E-state index contributed by atoms with van der Waals surface area (Å²) in [5, 5.41) is 0. The predicted molar refractivity (Wildman–Crippen MR) is 88.6 cm³/mol. The predicted octanol–water partition coefficient (Wildman–Crippen LogP) is 5.08. The molecular weight excluding hydrogens is 329 g/mol. The summed E-state index contributed by atoms with van der Waals surface area (Å²) in [5.74, 6) is -0.424. The zero-order valence-corrected chi connectivity index (χ0v) is 12.9. The van der Waals surface area contributed by atoms with E-state index in [4.69, 9.17) is 0 Å². The molecule has 0 spiro atoms. The van der Waals surface area contributed by atoms with Crippen LogP contribution < -0.4 is 4.90 Å². The van der Waals surface area contributed by atoms with E-state index in [2.05, 4.69) is 4.98 Å². The lowest BCUT2D eigenvalue weighted by Crippen LogP contribution is -2.26. The summed E-state index contributed by atoms with van der Waals surface area (Å²) in [7, 11) is 0. The van der Waals surface area contributed by atoms with Gasteiger partial charge in [-0.1, -0.05) is 24.3 Å². The number of para-hydroxylation sites is 1. The zero-order valence-electron chi connectivity index (χ0n) is 12.9. The summed E-state index contributed by atoms with van der Waals surface area (Å²) in [6, 6.07) is 18.1. The van der Waals surface area contributed by atoms with Crippen molar-refractivity contribution < 1.29 is 18.0 Å². The Morgan fingerprint density at radius 2 is 1.40 bits per heavy atom. The Hall–Kier alpha value is -3.15. The molecule has 0 atom stereocenters. The largest absolute Gasteiger partial charge is 0.416 e. The molecule has 0 saturated heterocycles. The molecule has 0 saturated carbocycles. The molecule has 0 aliphatic heterocycles. The van der Waals surface area contributed by atoms with Gasteiger partial charge in [-0.25, -0.2) is 0 Å². The number of aromatic nitrogens is 1. The Morgan fingerprint density at radius 3 is 1.96 bits per heavy atom. The molecule has 0 N–H and O–H groups in total. The molecular formula is C19H13F3N2O. The number of nitrogens with zero attached hydrogens (tertiary/aromatic N) is 2. The summed E-state index contributed by atoms with van der Waals surface area (Å²) in [4.78, 5) is 18.2. The van der Waals surface area contributed by atoms with Gasteiger partial charge in [-0.2, -0.15) is 13.2 Å². The molecule has 1 amide bonds. The third-order valence-electron chi connectivity index (χ3n) is 3.55. The molecule has 126 valence electrons. The van der Waals surface area contributed by atoms with Crippen LogP contribution in [0.15, 0.2) is 79.0 Å². The number of carbonyl (C=O) groups excluding carboxylic acids is 1. The number of anilines is 2. The fourth-order valence-electron chi connectivity index (χ4n) is 2.36. The molecule has 3 nitrogen and oxygen atoms in total. The van der Waals surface area contributed by atoms with Crippen molar-refractivity contribution in [2.24, 2.45) is 0 Å². The summed E-state index contributed by atoms with van der Waals surface area (Å²) >= 11 is 0. The molecule has 0 fully saturated rings. The van der Waals surface area contributed by atoms with Crippen molar-refractivity contribution in [3.8, 4) is 0 Å². The van der Waals surface area contributed by atoms with Crippen molar-refractivity contribution in [3.05, 3.63) is 90.3 Å². The van der Waals surface area contributed by atoms with Crippen molar-refractivity contribution in [1.82, 2.24) is 4.98 Å². The van der Waals surface area contributed by atoms with Crippen LogP contribution in [0.5, 0.6) is 0 Å². The van der Waals surface area contributed by atoms with E-state index in [1.54, 1.807) is 48.5 Å². The first-order valence-electron chi connectivity index (χ1n) is 7.44. The Labute approximate surface area is 142 Å². The zero-order chi connectivity index (χ0) is 17.9. The van der Waals surface area contributed by atoms with E-state index in [0.717, 1.165) is 12.1 Å². The van der Waals surface area contributed by atoms with Gasteiger partial charge in [0.15, 0.2) is 0 Å². The summed E-state index contributed by atoms with van der Waals surface area (Å²) in [5.41, 5.74) is 0.300. The van der Waals surface area contributed by atoms with Crippen LogP contribution >= 0.6 is 0 Å². The SMILES string of the molecule is O=C(c1ccccn1)N(c1ccccc1)c1ccc(C(F)(F)F)cc1. The van der Waals surface area contributed by atoms with Crippen LogP contribution in [0.3, 0.4) is 0 Å². The van der Waals surface area contributed by atoms with E-state index in [0.29, 0.717) is 11.4 Å². The second-order valence-corrected chi connectivity index (χ2v) is 5.24. The normalized spacial score (nSPS) is 11.2. The minimum Gasteiger partial charge on any atom is -0.276 e. The van der Waals surface area contributed by atoms with Gasteiger partial charge >= 0.3 is 6.18 Å². The highest BCUT2D eigenvalue weighted by Crippen LogP contribution is 2.33. The Bertz CT molecular complexity index is 847. The van der Waals surface area contributed by atoms with Crippen LogP contribution in [0.4, 0.5) is 24.5 Å². The van der Waals surface area contributed by atoms with Gasteiger partial charge < -0.3 is 0 Å². The number of rotatable bonds is 3. The van der Waals surface area contributed by atoms with Crippen molar-refractivity contribution >= 4 is 17.3 Å². The molecule has 0 aliphatic rings. The molecule has 1 aromatic heterocycles. The smallest absolute Gasteiger partial charge is 0.276 e. The first-order chi connectivity index (χ1) is 12.0. The first kappa shape index (κ1) is 16.7. The molecule has 2 aromatic carbocycles. The Morgan fingerprint density at radius 1 is 0.800 bits per heavy atom. The van der Waals surface area contributed by atoms with Crippen LogP contribution in [0.2, 0.25) is 0 Å². The van der Waals surface area contributed by atoms with Gasteiger partial charge in [0.2, 0.25) is 0 Å². The van der Waals surface area contributed by atoms with Crippen LogP contribution in [0.1, 0.15) is 16.1 Å². The third kappa shape index (κ3) is 3.68. The Balaban J connectivity index is 2.05. The Kier molecular flexibility index (Phi) is 4.52. The van der Waals surface area contributed by atoms with E-state index in [1.165, 1.54) is 23.2 Å². The van der Waals surface area contributed by atoms with Crippen molar-refractivity contribution in [3.63, 3.8) is 0 Å². The van der Waals surface area contributed by atoms with Gasteiger partial charge in [0.1, 0.15) is 5.69 Å². The van der Waals surface area contributed by atoms with Crippen LogP contribution in [0, 0.1) is 0 Å². The molecule has 25 heavy (non-hydrogen) atoms. The van der Waals surface area contributed by atoms with Crippen molar-refractivity contribution in [2.45, 2.75) is 6.18 Å². The van der Waals surface area contributed by atoms with Gasteiger partial charge in [0.25, 0.3) is 5.91 Å². The quantitative estimate of drug-likeness (QED) is 0.665. The van der Waals surface area contributed by atoms with E-state index in [-0.39, 0.29) is 5.69 Å². The van der Waals surface area contributed by atoms with Crippen molar-refractivity contribution in [1.29, 1.82) is 0 Å². The molecule has 0 radical (unpaired) electrons. The topological polar surface area (TPSA) is 33.2 Å². The van der Waals surface area contributed by atoms with Gasteiger partial charge in [0, 0.05) is 17.6 Å². The lowest BCUT2D eigenvalue weighted by atomic mass is 10.1. The molecule has 3 aromatic rings. The summed E-state index contributed by atoms with van der Waals surface area (Å²) < 4.78 is 38.3. The molecule has 0 aliphatic carbocycles. The fraction of sp³-hybridized carbons (Fsp3) is 0.0526. The van der Waals surface area contributed by atoms with Gasteiger partial charge in [0.05, 0.1) is 5.56 Å². The maximum absolute atomic E-state index is 12.9. The third-order valence-corrected chi connectivity index (χ3v) is 3.55. The van der Waals surface area contributed by atoms with E-state index in [1.807, 2.05) is 0 Å². The summed E-state index contributed by atoms with van der Waals surface area (Å²) in [6.07, 6.45) is -2.94.